The monoisotopic (exact) mass is 626 g/mol. The second-order valence-electron chi connectivity index (χ2n) is 11.5. The number of nitrogens with zero attached hydrogens (tertiary/aromatic N) is 3. The normalized spacial score (nSPS) is 11.3. The zero-order chi connectivity index (χ0) is 32.1. The minimum absolute atomic E-state index is 0.201. The highest BCUT2D eigenvalue weighted by molar-refractivity contribution is 6.31. The second-order valence-corrected chi connectivity index (χ2v) is 11.9. The molecule has 2 aromatic carbocycles. The minimum Gasteiger partial charge on any atom is -0.493 e. The van der Waals surface area contributed by atoms with E-state index in [9.17, 15) is 9.59 Å². The molecule has 0 bridgehead atoms. The number of methoxy groups -OCH3 is 2. The van der Waals surface area contributed by atoms with E-state index in [4.69, 9.17) is 30.5 Å². The molecule has 0 saturated carbocycles. The van der Waals surface area contributed by atoms with Crippen LogP contribution in [-0.4, -0.2) is 73.5 Å². The molecule has 0 atom stereocenters. The predicted molar refractivity (Wildman–Crippen MR) is 169 cm³/mol. The molecule has 0 radical (unpaired) electrons. The van der Waals surface area contributed by atoms with Crippen molar-refractivity contribution in [2.24, 2.45) is 0 Å². The first kappa shape index (κ1) is 34.6. The number of ether oxygens (including phenoxy) is 4. The second kappa shape index (κ2) is 16.8. The van der Waals surface area contributed by atoms with E-state index in [0.717, 1.165) is 41.0 Å². The summed E-state index contributed by atoms with van der Waals surface area (Å²) in [6.45, 7) is 7.40. The molecule has 10 nitrogen and oxygen atoms in total. The van der Waals surface area contributed by atoms with Crippen LogP contribution >= 0.6 is 11.6 Å². The fraction of sp³-hybridized carbons (Fsp3) is 0.455. The number of amides is 1. The first-order chi connectivity index (χ1) is 21.0. The van der Waals surface area contributed by atoms with Crippen LogP contribution in [0.25, 0.3) is 0 Å². The summed E-state index contributed by atoms with van der Waals surface area (Å²) in [5, 5.41) is 3.39. The molecule has 0 fully saturated rings. The quantitative estimate of drug-likeness (QED) is 0.170. The smallest absolute Gasteiger partial charge is 0.407 e. The number of hydrogen-bond donors (Lipinski definition) is 1. The van der Waals surface area contributed by atoms with Crippen LogP contribution in [0.1, 0.15) is 61.7 Å². The lowest BCUT2D eigenvalue weighted by Gasteiger charge is -2.19. The molecule has 0 unspecified atom stereocenters. The van der Waals surface area contributed by atoms with Gasteiger partial charge in [-0.15, -0.1) is 0 Å². The van der Waals surface area contributed by atoms with Gasteiger partial charge in [0, 0.05) is 42.2 Å². The number of halogens is 1. The van der Waals surface area contributed by atoms with Crippen LogP contribution in [0.2, 0.25) is 5.02 Å². The van der Waals surface area contributed by atoms with E-state index in [0.29, 0.717) is 42.3 Å². The van der Waals surface area contributed by atoms with Crippen molar-refractivity contribution in [2.45, 2.75) is 58.6 Å². The molecule has 0 saturated heterocycles. The van der Waals surface area contributed by atoms with E-state index in [1.165, 1.54) is 7.11 Å². The molecule has 11 heteroatoms. The van der Waals surface area contributed by atoms with Gasteiger partial charge in [-0.05, 0) is 81.7 Å². The van der Waals surface area contributed by atoms with Crippen LogP contribution < -0.4 is 14.8 Å². The molecular weight excluding hydrogens is 584 g/mol. The summed E-state index contributed by atoms with van der Waals surface area (Å²) >= 11 is 6.51. The van der Waals surface area contributed by atoms with Crippen LogP contribution in [0.4, 0.5) is 4.79 Å². The van der Waals surface area contributed by atoms with E-state index >= 15 is 0 Å². The van der Waals surface area contributed by atoms with Gasteiger partial charge in [-0.25, -0.2) is 14.8 Å². The Kier molecular flexibility index (Phi) is 13.2. The van der Waals surface area contributed by atoms with E-state index in [1.807, 2.05) is 64.2 Å². The molecule has 1 heterocycles. The maximum absolute atomic E-state index is 11.9. The Labute approximate surface area is 265 Å². The fourth-order valence-electron chi connectivity index (χ4n) is 4.45. The van der Waals surface area contributed by atoms with Crippen LogP contribution in [0.15, 0.2) is 48.8 Å². The first-order valence-electron chi connectivity index (χ1n) is 14.5. The molecule has 3 aromatic rings. The highest BCUT2D eigenvalue weighted by Crippen LogP contribution is 2.29. The van der Waals surface area contributed by atoms with Gasteiger partial charge in [0.15, 0.2) is 11.5 Å². The zero-order valence-corrected chi connectivity index (χ0v) is 27.2. The van der Waals surface area contributed by atoms with Gasteiger partial charge in [0.2, 0.25) is 0 Å². The third-order valence-electron chi connectivity index (χ3n) is 6.51. The van der Waals surface area contributed by atoms with Crippen molar-refractivity contribution in [3.8, 4) is 11.5 Å². The van der Waals surface area contributed by atoms with E-state index in [1.54, 1.807) is 13.4 Å². The lowest BCUT2D eigenvalue weighted by Crippen LogP contribution is -2.34. The summed E-state index contributed by atoms with van der Waals surface area (Å²) in [4.78, 5) is 34.4. The van der Waals surface area contributed by atoms with Crippen molar-refractivity contribution >= 4 is 23.7 Å². The minimum atomic E-state index is -0.563. The number of aromatic nitrogens is 2. The number of alkyl carbamates (subject to hydrolysis) is 1. The van der Waals surface area contributed by atoms with E-state index in [-0.39, 0.29) is 19.1 Å². The van der Waals surface area contributed by atoms with Gasteiger partial charge in [-0.1, -0.05) is 29.8 Å². The van der Waals surface area contributed by atoms with Crippen LogP contribution in [0.5, 0.6) is 11.5 Å². The summed E-state index contributed by atoms with van der Waals surface area (Å²) in [7, 11) is 5.00. The Balaban J connectivity index is 1.60. The van der Waals surface area contributed by atoms with Crippen LogP contribution in [0, 0.1) is 0 Å². The molecule has 0 aliphatic carbocycles. The molecule has 1 aromatic heterocycles. The molecular formula is C33H43ClN4O6. The first-order valence-corrected chi connectivity index (χ1v) is 14.9. The van der Waals surface area contributed by atoms with Crippen LogP contribution in [-0.2, 0) is 33.7 Å². The Morgan fingerprint density at radius 2 is 1.64 bits per heavy atom. The third-order valence-corrected chi connectivity index (χ3v) is 6.87. The van der Waals surface area contributed by atoms with Gasteiger partial charge in [0.25, 0.3) is 0 Å². The van der Waals surface area contributed by atoms with Gasteiger partial charge in [0.05, 0.1) is 20.8 Å². The lowest BCUT2D eigenvalue weighted by molar-refractivity contribution is -0.140. The summed E-state index contributed by atoms with van der Waals surface area (Å²) in [6.07, 6.45) is 3.41. The number of benzene rings is 2. The van der Waals surface area contributed by atoms with Gasteiger partial charge >= 0.3 is 12.1 Å². The highest BCUT2D eigenvalue weighted by Gasteiger charge is 2.16. The average molecular weight is 627 g/mol. The summed E-state index contributed by atoms with van der Waals surface area (Å²) in [5.41, 5.74) is 4.31. The maximum Gasteiger partial charge on any atom is 0.407 e. The summed E-state index contributed by atoms with van der Waals surface area (Å²) < 4.78 is 21.3. The largest absolute Gasteiger partial charge is 0.493 e. The maximum atomic E-state index is 11.9. The molecule has 44 heavy (non-hydrogen) atoms. The molecule has 0 spiro atoms. The number of rotatable bonds is 15. The van der Waals surface area contributed by atoms with Gasteiger partial charge in [0.1, 0.15) is 18.5 Å². The summed E-state index contributed by atoms with van der Waals surface area (Å²) in [6, 6.07) is 13.8. The van der Waals surface area contributed by atoms with Crippen molar-refractivity contribution in [1.29, 1.82) is 0 Å². The highest BCUT2D eigenvalue weighted by atomic mass is 35.5. The van der Waals surface area contributed by atoms with E-state index in [2.05, 4.69) is 26.3 Å². The third kappa shape index (κ3) is 12.0. The molecule has 0 aliphatic rings. The molecule has 3 rings (SSSR count). The van der Waals surface area contributed by atoms with Crippen molar-refractivity contribution in [1.82, 2.24) is 20.2 Å². The zero-order valence-electron chi connectivity index (χ0n) is 26.4. The van der Waals surface area contributed by atoms with E-state index < -0.39 is 11.7 Å². The Morgan fingerprint density at radius 1 is 0.955 bits per heavy atom. The Hall–Kier alpha value is -3.89. The van der Waals surface area contributed by atoms with Crippen molar-refractivity contribution in [2.75, 3.05) is 41.0 Å². The predicted octanol–water partition coefficient (Wildman–Crippen LogP) is 5.61. The van der Waals surface area contributed by atoms with Crippen molar-refractivity contribution < 1.29 is 28.5 Å². The fourth-order valence-corrected chi connectivity index (χ4v) is 4.63. The standard InChI is InChI=1S/C33H43ClN4O6/c1-33(2,3)44-32(40)35-13-15-43-30-19-24(10-12-29(30)41-5)18-27-20-26(36-22-37-27)17-23-9-11-28(34)25(16-23)21-38(4)14-7-8-31(39)42-6/h9-12,16,19-20,22H,7-8,13-15,17-18,21H2,1-6H3,(H,35,40). The van der Waals surface area contributed by atoms with Gasteiger partial charge in [-0.3, -0.25) is 4.79 Å². The number of esters is 1. The molecule has 0 aliphatic heterocycles. The van der Waals surface area contributed by atoms with Crippen molar-refractivity contribution in [3.63, 3.8) is 0 Å². The van der Waals surface area contributed by atoms with Crippen molar-refractivity contribution in [3.05, 3.63) is 81.9 Å². The molecule has 1 N–H and O–H groups in total. The number of carbonyl (C=O) groups is 2. The summed E-state index contributed by atoms with van der Waals surface area (Å²) in [5.74, 6) is 0.976. The number of hydrogen-bond acceptors (Lipinski definition) is 9. The van der Waals surface area contributed by atoms with Gasteiger partial charge in [-0.2, -0.15) is 0 Å². The number of carbonyl (C=O) groups excluding carboxylic acids is 2. The Morgan fingerprint density at radius 3 is 2.30 bits per heavy atom. The molecule has 238 valence electrons. The van der Waals surface area contributed by atoms with Crippen LogP contribution in [0.3, 0.4) is 0 Å². The topological polar surface area (TPSA) is 112 Å². The molecule has 1 amide bonds. The SMILES string of the molecule is COC(=O)CCCN(C)Cc1cc(Cc2cc(Cc3ccc(OC)c(OCCNC(=O)OC(C)(C)C)c3)ncn2)ccc1Cl. The average Bonchev–Trinajstić information content (AvgIpc) is 2.96. The number of nitrogens with one attached hydrogen (secondary N) is 1. The lowest BCUT2D eigenvalue weighted by atomic mass is 10.0. The Bertz CT molecular complexity index is 1390. The van der Waals surface area contributed by atoms with Gasteiger partial charge < -0.3 is 29.2 Å².